The fraction of sp³-hybridized carbons (Fsp3) is 0.0588. The van der Waals surface area contributed by atoms with Crippen LogP contribution in [0.2, 0.25) is 0 Å². The highest BCUT2D eigenvalue weighted by Gasteiger charge is 2.29. The van der Waals surface area contributed by atoms with Crippen molar-refractivity contribution in [3.8, 4) is 6.07 Å². The number of aromatic nitrogens is 2. The minimum Gasteiger partial charge on any atom is -0.337 e. The van der Waals surface area contributed by atoms with Crippen LogP contribution in [0.15, 0.2) is 42.5 Å². The predicted octanol–water partition coefficient (Wildman–Crippen LogP) is 4.78. The first-order valence-corrected chi connectivity index (χ1v) is 6.81. The van der Waals surface area contributed by atoms with Crippen molar-refractivity contribution < 1.29 is 17.6 Å². The maximum absolute atomic E-state index is 13.2. The van der Waals surface area contributed by atoms with Gasteiger partial charge in [0.1, 0.15) is 17.7 Å². The third kappa shape index (κ3) is 3.13. The number of nitrogens with zero attached hydrogens (tertiary/aromatic N) is 2. The van der Waals surface area contributed by atoms with Gasteiger partial charge in [0.15, 0.2) is 0 Å². The molecule has 0 amide bonds. The molecular formula is C17H9F4N3. The Morgan fingerprint density at radius 2 is 1.83 bits per heavy atom. The van der Waals surface area contributed by atoms with Crippen molar-refractivity contribution in [3.63, 3.8) is 0 Å². The van der Waals surface area contributed by atoms with Gasteiger partial charge in [0.05, 0.1) is 22.2 Å². The minimum absolute atomic E-state index is 0.131. The number of halogens is 4. The van der Waals surface area contributed by atoms with Crippen LogP contribution in [0, 0.1) is 17.1 Å². The highest BCUT2D eigenvalue weighted by Crippen LogP contribution is 2.29. The number of allylic oxidation sites excluding steroid dienone is 1. The number of aromatic amines is 1. The SMILES string of the molecule is N#C/C(=C/c1ccc(C(F)(F)F)cc1)c1nc2ccc(F)cc2[nH]1. The van der Waals surface area contributed by atoms with Crippen molar-refractivity contribution in [2.75, 3.05) is 0 Å². The van der Waals surface area contributed by atoms with E-state index in [0.29, 0.717) is 16.6 Å². The van der Waals surface area contributed by atoms with E-state index >= 15 is 0 Å². The number of fused-ring (bicyclic) bond motifs is 1. The predicted molar refractivity (Wildman–Crippen MR) is 81.0 cm³/mol. The summed E-state index contributed by atoms with van der Waals surface area (Å²) in [7, 11) is 0. The first kappa shape index (κ1) is 15.7. The zero-order valence-corrected chi connectivity index (χ0v) is 12.0. The number of nitrogens with one attached hydrogen (secondary N) is 1. The Morgan fingerprint density at radius 3 is 2.46 bits per heavy atom. The minimum atomic E-state index is -4.41. The van der Waals surface area contributed by atoms with E-state index in [9.17, 15) is 22.8 Å². The van der Waals surface area contributed by atoms with Crippen LogP contribution in [0.4, 0.5) is 17.6 Å². The molecule has 0 saturated heterocycles. The Labute approximate surface area is 133 Å². The molecule has 0 aliphatic rings. The molecule has 0 bridgehead atoms. The number of H-pyrrole nitrogens is 1. The molecule has 0 aliphatic carbocycles. The van der Waals surface area contributed by atoms with Gasteiger partial charge in [-0.2, -0.15) is 18.4 Å². The summed E-state index contributed by atoms with van der Waals surface area (Å²) in [5, 5.41) is 9.27. The number of nitriles is 1. The number of imidazole rings is 1. The van der Waals surface area contributed by atoms with Gasteiger partial charge in [-0.05, 0) is 42.0 Å². The molecule has 24 heavy (non-hydrogen) atoms. The first-order chi connectivity index (χ1) is 11.4. The van der Waals surface area contributed by atoms with Gasteiger partial charge in [-0.25, -0.2) is 9.37 Å². The summed E-state index contributed by atoms with van der Waals surface area (Å²) in [4.78, 5) is 7.01. The summed E-state index contributed by atoms with van der Waals surface area (Å²) in [5.41, 5.74) is 0.702. The summed E-state index contributed by atoms with van der Waals surface area (Å²) in [6, 6.07) is 10.3. The van der Waals surface area contributed by atoms with Crippen LogP contribution in [0.3, 0.4) is 0 Å². The fourth-order valence-corrected chi connectivity index (χ4v) is 2.20. The monoisotopic (exact) mass is 331 g/mol. The van der Waals surface area contributed by atoms with Gasteiger partial charge in [-0.3, -0.25) is 0 Å². The molecule has 2 aromatic carbocycles. The molecule has 7 heteroatoms. The van der Waals surface area contributed by atoms with E-state index in [1.165, 1.54) is 36.4 Å². The number of benzene rings is 2. The van der Waals surface area contributed by atoms with Crippen LogP contribution in [0.25, 0.3) is 22.7 Å². The van der Waals surface area contributed by atoms with Crippen LogP contribution in [0.1, 0.15) is 17.0 Å². The molecule has 0 atom stereocenters. The standard InChI is InChI=1S/C17H9F4N3/c18-13-5-6-14-15(8-13)24-16(23-14)11(9-22)7-10-1-3-12(4-2-10)17(19,20)21/h1-8H,(H,23,24)/b11-7-. The summed E-state index contributed by atoms with van der Waals surface area (Å²) in [6.45, 7) is 0. The van der Waals surface area contributed by atoms with Crippen molar-refractivity contribution in [2.45, 2.75) is 6.18 Å². The zero-order valence-electron chi connectivity index (χ0n) is 12.0. The second-order valence-electron chi connectivity index (χ2n) is 5.04. The van der Waals surface area contributed by atoms with Crippen LogP contribution in [0.5, 0.6) is 0 Å². The van der Waals surface area contributed by atoms with E-state index in [1.807, 2.05) is 6.07 Å². The van der Waals surface area contributed by atoms with Crippen molar-refractivity contribution in [3.05, 3.63) is 65.2 Å². The lowest BCUT2D eigenvalue weighted by Gasteiger charge is -2.06. The van der Waals surface area contributed by atoms with Crippen molar-refractivity contribution in [1.82, 2.24) is 9.97 Å². The molecule has 0 spiro atoms. The fourth-order valence-electron chi connectivity index (χ4n) is 2.20. The number of rotatable bonds is 2. The summed E-state index contributed by atoms with van der Waals surface area (Å²) >= 11 is 0. The molecule has 1 heterocycles. The maximum Gasteiger partial charge on any atom is 0.416 e. The molecule has 120 valence electrons. The average molecular weight is 331 g/mol. The number of alkyl halides is 3. The zero-order chi connectivity index (χ0) is 17.3. The molecular weight excluding hydrogens is 322 g/mol. The summed E-state index contributed by atoms with van der Waals surface area (Å²) in [6.07, 6.45) is -3.00. The van der Waals surface area contributed by atoms with Gasteiger partial charge in [0.2, 0.25) is 0 Å². The van der Waals surface area contributed by atoms with E-state index < -0.39 is 17.6 Å². The topological polar surface area (TPSA) is 52.5 Å². The van der Waals surface area contributed by atoms with Crippen LogP contribution >= 0.6 is 0 Å². The molecule has 3 rings (SSSR count). The van der Waals surface area contributed by atoms with E-state index in [1.54, 1.807) is 0 Å². The number of hydrogen-bond donors (Lipinski definition) is 1. The smallest absolute Gasteiger partial charge is 0.337 e. The summed E-state index contributed by atoms with van der Waals surface area (Å²) < 4.78 is 50.8. The molecule has 3 nitrogen and oxygen atoms in total. The van der Waals surface area contributed by atoms with Gasteiger partial charge in [0.25, 0.3) is 0 Å². The second kappa shape index (κ2) is 5.81. The Balaban J connectivity index is 1.98. The van der Waals surface area contributed by atoms with Gasteiger partial charge >= 0.3 is 6.18 Å². The third-order valence-electron chi connectivity index (χ3n) is 3.37. The Kier molecular flexibility index (Phi) is 3.81. The van der Waals surface area contributed by atoms with Gasteiger partial charge in [-0.15, -0.1) is 0 Å². The Hall–Kier alpha value is -3.14. The average Bonchev–Trinajstić information content (AvgIpc) is 2.95. The van der Waals surface area contributed by atoms with Crippen LogP contribution < -0.4 is 0 Å². The Bertz CT molecular complexity index is 960. The van der Waals surface area contributed by atoms with E-state index in [4.69, 9.17) is 0 Å². The lowest BCUT2D eigenvalue weighted by Crippen LogP contribution is -2.04. The molecule has 0 fully saturated rings. The maximum atomic E-state index is 13.2. The molecule has 0 saturated carbocycles. The third-order valence-corrected chi connectivity index (χ3v) is 3.37. The van der Waals surface area contributed by atoms with E-state index in [0.717, 1.165) is 12.1 Å². The molecule has 0 unspecified atom stereocenters. The second-order valence-corrected chi connectivity index (χ2v) is 5.04. The van der Waals surface area contributed by atoms with Gasteiger partial charge < -0.3 is 4.98 Å². The van der Waals surface area contributed by atoms with Crippen molar-refractivity contribution in [1.29, 1.82) is 5.26 Å². The van der Waals surface area contributed by atoms with Crippen molar-refractivity contribution >= 4 is 22.7 Å². The van der Waals surface area contributed by atoms with E-state index in [-0.39, 0.29) is 11.4 Å². The number of hydrogen-bond acceptors (Lipinski definition) is 2. The van der Waals surface area contributed by atoms with Crippen molar-refractivity contribution in [2.24, 2.45) is 0 Å². The molecule has 0 radical (unpaired) electrons. The lowest BCUT2D eigenvalue weighted by atomic mass is 10.1. The first-order valence-electron chi connectivity index (χ1n) is 6.81. The quantitative estimate of drug-likeness (QED) is 0.542. The largest absolute Gasteiger partial charge is 0.416 e. The van der Waals surface area contributed by atoms with Crippen LogP contribution in [-0.4, -0.2) is 9.97 Å². The van der Waals surface area contributed by atoms with Gasteiger partial charge in [-0.1, -0.05) is 12.1 Å². The summed E-state index contributed by atoms with van der Waals surface area (Å²) in [5.74, 6) is -0.221. The Morgan fingerprint density at radius 1 is 1.12 bits per heavy atom. The van der Waals surface area contributed by atoms with Gasteiger partial charge in [0, 0.05) is 0 Å². The highest BCUT2D eigenvalue weighted by atomic mass is 19.4. The highest BCUT2D eigenvalue weighted by molar-refractivity contribution is 5.90. The molecule has 0 aliphatic heterocycles. The normalized spacial score (nSPS) is 12.4. The molecule has 3 aromatic rings. The molecule has 1 N–H and O–H groups in total. The lowest BCUT2D eigenvalue weighted by molar-refractivity contribution is -0.137. The molecule has 1 aromatic heterocycles. The van der Waals surface area contributed by atoms with E-state index in [2.05, 4.69) is 9.97 Å². The van der Waals surface area contributed by atoms with Crippen LogP contribution in [-0.2, 0) is 6.18 Å².